The number of rotatable bonds is 0. The fourth-order valence-corrected chi connectivity index (χ4v) is 0.952. The zero-order chi connectivity index (χ0) is 9.98. The lowest BCUT2D eigenvalue weighted by Crippen LogP contribution is -2.36. The van der Waals surface area contributed by atoms with Crippen molar-refractivity contribution in [3.8, 4) is 0 Å². The highest BCUT2D eigenvalue weighted by atomic mass is 19.1. The Hall–Kier alpha value is -0.110. The van der Waals surface area contributed by atoms with Gasteiger partial charge in [-0.1, -0.05) is 34.6 Å². The monoisotopic (exact) mass is 177 g/mol. The van der Waals surface area contributed by atoms with E-state index in [4.69, 9.17) is 0 Å². The maximum atomic E-state index is 12.5. The standard InChI is InChI=1S/C6H12FN.2C2H6/c1-5-2-3-8-4-6(5)7;2*1-2/h5-6,8H,2-4H2,1H3;2*1-2H3. The lowest BCUT2D eigenvalue weighted by molar-refractivity contribution is 0.194. The number of hydrogen-bond donors (Lipinski definition) is 1. The highest BCUT2D eigenvalue weighted by molar-refractivity contribution is 4.73. The second-order valence-corrected chi connectivity index (χ2v) is 2.49. The third-order valence-corrected chi connectivity index (χ3v) is 1.73. The van der Waals surface area contributed by atoms with Crippen LogP contribution in [0.15, 0.2) is 0 Å². The Balaban J connectivity index is 0. The molecule has 76 valence electrons. The van der Waals surface area contributed by atoms with E-state index in [-0.39, 0.29) is 5.92 Å². The molecule has 0 amide bonds. The lowest BCUT2D eigenvalue weighted by Gasteiger charge is -2.22. The van der Waals surface area contributed by atoms with Gasteiger partial charge in [0, 0.05) is 6.54 Å². The highest BCUT2D eigenvalue weighted by Crippen LogP contribution is 2.13. The Morgan fingerprint density at radius 2 is 1.67 bits per heavy atom. The van der Waals surface area contributed by atoms with Crippen molar-refractivity contribution in [1.29, 1.82) is 0 Å². The number of nitrogens with one attached hydrogen (secondary N) is 1. The van der Waals surface area contributed by atoms with E-state index in [1.165, 1.54) is 0 Å². The molecule has 1 fully saturated rings. The van der Waals surface area contributed by atoms with E-state index in [9.17, 15) is 4.39 Å². The molecule has 12 heavy (non-hydrogen) atoms. The maximum Gasteiger partial charge on any atom is 0.115 e. The number of alkyl halides is 1. The molecule has 0 spiro atoms. The van der Waals surface area contributed by atoms with Crippen LogP contribution in [0.2, 0.25) is 0 Å². The molecule has 1 heterocycles. The van der Waals surface area contributed by atoms with Crippen molar-refractivity contribution in [3.63, 3.8) is 0 Å². The normalized spacial score (nSPS) is 27.5. The first-order chi connectivity index (χ1) is 5.80. The van der Waals surface area contributed by atoms with Gasteiger partial charge in [0.15, 0.2) is 0 Å². The van der Waals surface area contributed by atoms with Gasteiger partial charge in [0.05, 0.1) is 0 Å². The summed E-state index contributed by atoms with van der Waals surface area (Å²) in [5.74, 6) is 0.274. The SMILES string of the molecule is CC.CC.CC1CCNCC1F. The van der Waals surface area contributed by atoms with Crippen LogP contribution in [0.5, 0.6) is 0 Å². The summed E-state index contributed by atoms with van der Waals surface area (Å²) in [6.45, 7) is 11.5. The van der Waals surface area contributed by atoms with Crippen LogP contribution in [0.25, 0.3) is 0 Å². The molecular weight excluding hydrogens is 153 g/mol. The van der Waals surface area contributed by atoms with Crippen LogP contribution in [-0.4, -0.2) is 19.3 Å². The van der Waals surface area contributed by atoms with Crippen LogP contribution in [-0.2, 0) is 0 Å². The van der Waals surface area contributed by atoms with Gasteiger partial charge in [-0.05, 0) is 18.9 Å². The molecule has 1 aliphatic heterocycles. The van der Waals surface area contributed by atoms with E-state index in [0.29, 0.717) is 6.54 Å². The van der Waals surface area contributed by atoms with Crippen LogP contribution in [0.4, 0.5) is 4.39 Å². The van der Waals surface area contributed by atoms with Gasteiger partial charge < -0.3 is 5.32 Å². The van der Waals surface area contributed by atoms with Gasteiger partial charge >= 0.3 is 0 Å². The maximum absolute atomic E-state index is 12.5. The average Bonchev–Trinajstić information content (AvgIpc) is 2.17. The Labute approximate surface area is 76.7 Å². The molecule has 2 atom stereocenters. The molecule has 0 aromatic heterocycles. The van der Waals surface area contributed by atoms with Gasteiger partial charge in [-0.2, -0.15) is 0 Å². The van der Waals surface area contributed by atoms with Crippen LogP contribution in [0.3, 0.4) is 0 Å². The average molecular weight is 177 g/mol. The summed E-state index contributed by atoms with van der Waals surface area (Å²) in [6, 6.07) is 0. The fraction of sp³-hybridized carbons (Fsp3) is 1.00. The molecule has 1 rings (SSSR count). The Bertz CT molecular complexity index is 66.2. The van der Waals surface area contributed by atoms with E-state index in [1.54, 1.807) is 0 Å². The predicted molar refractivity (Wildman–Crippen MR) is 54.2 cm³/mol. The molecule has 1 saturated heterocycles. The molecule has 0 saturated carbocycles. The number of halogens is 1. The van der Waals surface area contributed by atoms with Gasteiger partial charge in [0.25, 0.3) is 0 Å². The van der Waals surface area contributed by atoms with Gasteiger partial charge in [0.2, 0.25) is 0 Å². The van der Waals surface area contributed by atoms with Crippen molar-refractivity contribution < 1.29 is 4.39 Å². The molecule has 1 nitrogen and oxygen atoms in total. The van der Waals surface area contributed by atoms with Crippen LogP contribution in [0.1, 0.15) is 41.0 Å². The van der Waals surface area contributed by atoms with Gasteiger partial charge in [-0.15, -0.1) is 0 Å². The molecule has 0 aromatic carbocycles. The third kappa shape index (κ3) is 6.59. The quantitative estimate of drug-likeness (QED) is 0.600. The Kier molecular flexibility index (Phi) is 13.1. The number of hydrogen-bond acceptors (Lipinski definition) is 1. The van der Waals surface area contributed by atoms with E-state index in [0.717, 1.165) is 13.0 Å². The van der Waals surface area contributed by atoms with Crippen molar-refractivity contribution >= 4 is 0 Å². The Morgan fingerprint density at radius 3 is 1.92 bits per heavy atom. The summed E-state index contributed by atoms with van der Waals surface area (Å²) in [7, 11) is 0. The molecule has 1 aliphatic rings. The molecule has 0 aliphatic carbocycles. The zero-order valence-corrected chi connectivity index (χ0v) is 9.15. The Morgan fingerprint density at radius 1 is 1.17 bits per heavy atom. The van der Waals surface area contributed by atoms with E-state index in [2.05, 4.69) is 5.32 Å². The minimum atomic E-state index is -0.608. The van der Waals surface area contributed by atoms with Crippen molar-refractivity contribution in [3.05, 3.63) is 0 Å². The summed E-state index contributed by atoms with van der Waals surface area (Å²) in [4.78, 5) is 0. The van der Waals surface area contributed by atoms with Crippen LogP contribution < -0.4 is 5.32 Å². The summed E-state index contributed by atoms with van der Waals surface area (Å²) < 4.78 is 12.5. The summed E-state index contributed by atoms with van der Waals surface area (Å²) in [6.07, 6.45) is 0.380. The molecule has 0 bridgehead atoms. The van der Waals surface area contributed by atoms with Crippen molar-refractivity contribution in [2.75, 3.05) is 13.1 Å². The lowest BCUT2D eigenvalue weighted by atomic mass is 9.99. The molecule has 2 unspecified atom stereocenters. The van der Waals surface area contributed by atoms with Crippen molar-refractivity contribution in [1.82, 2.24) is 5.32 Å². The second kappa shape index (κ2) is 10.9. The number of piperidine rings is 1. The first-order valence-electron chi connectivity index (χ1n) is 5.15. The summed E-state index contributed by atoms with van der Waals surface area (Å²) in [5.41, 5.74) is 0. The zero-order valence-electron chi connectivity index (χ0n) is 9.15. The molecule has 0 aromatic rings. The first kappa shape index (κ1) is 14.4. The van der Waals surface area contributed by atoms with E-state index >= 15 is 0 Å². The predicted octanol–water partition coefficient (Wildman–Crippen LogP) is 3.01. The summed E-state index contributed by atoms with van der Waals surface area (Å²) in [5, 5.41) is 2.99. The largest absolute Gasteiger partial charge is 0.314 e. The molecule has 1 N–H and O–H groups in total. The topological polar surface area (TPSA) is 12.0 Å². The second-order valence-electron chi connectivity index (χ2n) is 2.49. The smallest absolute Gasteiger partial charge is 0.115 e. The first-order valence-corrected chi connectivity index (χ1v) is 5.15. The minimum absolute atomic E-state index is 0.274. The van der Waals surface area contributed by atoms with Gasteiger partial charge in [-0.25, -0.2) is 4.39 Å². The third-order valence-electron chi connectivity index (χ3n) is 1.73. The van der Waals surface area contributed by atoms with E-state index in [1.807, 2.05) is 34.6 Å². The van der Waals surface area contributed by atoms with E-state index < -0.39 is 6.17 Å². The summed E-state index contributed by atoms with van der Waals surface area (Å²) >= 11 is 0. The fourth-order valence-electron chi connectivity index (χ4n) is 0.952. The van der Waals surface area contributed by atoms with Gasteiger partial charge in [0.1, 0.15) is 6.17 Å². The van der Waals surface area contributed by atoms with Crippen molar-refractivity contribution in [2.24, 2.45) is 5.92 Å². The van der Waals surface area contributed by atoms with Crippen molar-refractivity contribution in [2.45, 2.75) is 47.2 Å². The highest BCUT2D eigenvalue weighted by Gasteiger charge is 2.18. The molecule has 0 radical (unpaired) electrons. The van der Waals surface area contributed by atoms with Gasteiger partial charge in [-0.3, -0.25) is 0 Å². The van der Waals surface area contributed by atoms with Crippen LogP contribution >= 0.6 is 0 Å². The minimum Gasteiger partial charge on any atom is -0.314 e. The molecular formula is C10H24FN. The van der Waals surface area contributed by atoms with Crippen LogP contribution in [0, 0.1) is 5.92 Å². The molecule has 2 heteroatoms.